The average Bonchev–Trinajstić information content (AvgIpc) is 3.18. The monoisotopic (exact) mass is 324 g/mol. The molecule has 0 spiro atoms. The molecule has 0 aromatic carbocycles. The van der Waals surface area contributed by atoms with Gasteiger partial charge in [0.25, 0.3) is 0 Å². The first kappa shape index (κ1) is 15.5. The van der Waals surface area contributed by atoms with E-state index in [0.29, 0.717) is 10.9 Å². The first-order chi connectivity index (χ1) is 10.6. The second-order valence-electron chi connectivity index (χ2n) is 5.85. The van der Waals surface area contributed by atoms with Gasteiger partial charge in [-0.1, -0.05) is 16.8 Å². The molecule has 0 N–H and O–H groups in total. The smallest absolute Gasteiger partial charge is 0.137 e. The van der Waals surface area contributed by atoms with Gasteiger partial charge in [0.2, 0.25) is 0 Å². The van der Waals surface area contributed by atoms with Crippen molar-refractivity contribution in [3.63, 3.8) is 0 Å². The molecule has 120 valence electrons. The van der Waals surface area contributed by atoms with E-state index < -0.39 is 0 Å². The highest BCUT2D eigenvalue weighted by Crippen LogP contribution is 2.24. The van der Waals surface area contributed by atoms with Crippen molar-refractivity contribution in [1.82, 2.24) is 19.8 Å². The summed E-state index contributed by atoms with van der Waals surface area (Å²) < 4.78 is 12.8. The molecule has 2 atom stereocenters. The Morgan fingerprint density at radius 3 is 2.91 bits per heavy atom. The molecule has 0 unspecified atom stereocenters. The molecule has 0 aliphatic carbocycles. The predicted molar refractivity (Wildman–Crippen MR) is 82.9 cm³/mol. The lowest BCUT2D eigenvalue weighted by Gasteiger charge is -2.15. The molecule has 6 nitrogen and oxygen atoms in total. The Morgan fingerprint density at radius 2 is 2.27 bits per heavy atom. The summed E-state index contributed by atoms with van der Waals surface area (Å²) in [6.45, 7) is 5.63. The molecular formula is C15H21ClN4O2. The number of rotatable bonds is 6. The van der Waals surface area contributed by atoms with E-state index in [2.05, 4.69) is 15.2 Å². The first-order valence-corrected chi connectivity index (χ1v) is 7.87. The second kappa shape index (κ2) is 6.81. The fraction of sp³-hybridized carbons (Fsp3) is 0.600. The summed E-state index contributed by atoms with van der Waals surface area (Å²) in [7, 11) is 1.78. The fourth-order valence-corrected chi connectivity index (χ4v) is 3.20. The number of aryl methyl sites for hydroxylation is 1. The Bertz CT molecular complexity index is 612. The average molecular weight is 325 g/mol. The van der Waals surface area contributed by atoms with Crippen molar-refractivity contribution in [2.45, 2.75) is 26.0 Å². The van der Waals surface area contributed by atoms with Crippen LogP contribution >= 0.6 is 11.6 Å². The molecule has 7 heteroatoms. The molecule has 2 aromatic rings. The molecule has 2 aromatic heterocycles. The van der Waals surface area contributed by atoms with E-state index in [1.807, 2.05) is 23.9 Å². The van der Waals surface area contributed by atoms with Gasteiger partial charge in [-0.15, -0.1) is 0 Å². The number of aromatic nitrogens is 3. The molecule has 0 bridgehead atoms. The lowest BCUT2D eigenvalue weighted by atomic mass is 10.0. The third-order valence-corrected chi connectivity index (χ3v) is 4.34. The van der Waals surface area contributed by atoms with E-state index in [9.17, 15) is 0 Å². The Balaban J connectivity index is 1.54. The van der Waals surface area contributed by atoms with E-state index in [4.69, 9.17) is 20.9 Å². The van der Waals surface area contributed by atoms with Crippen LogP contribution in [0, 0.1) is 12.8 Å². The maximum absolute atomic E-state index is 5.88. The van der Waals surface area contributed by atoms with Gasteiger partial charge < -0.3 is 9.26 Å². The van der Waals surface area contributed by atoms with Crippen LogP contribution in [0.4, 0.5) is 0 Å². The molecule has 0 amide bonds. The quantitative estimate of drug-likeness (QED) is 0.813. The summed E-state index contributed by atoms with van der Waals surface area (Å²) in [5.74, 6) is 1.36. The molecule has 1 fully saturated rings. The summed E-state index contributed by atoms with van der Waals surface area (Å²) in [6, 6.07) is 2.00. The zero-order valence-corrected chi connectivity index (χ0v) is 13.7. The number of likely N-dealkylation sites (tertiary alicyclic amines) is 1. The van der Waals surface area contributed by atoms with Crippen molar-refractivity contribution in [3.8, 4) is 0 Å². The Hall–Kier alpha value is -1.37. The topological polar surface area (TPSA) is 56.3 Å². The van der Waals surface area contributed by atoms with E-state index >= 15 is 0 Å². The van der Waals surface area contributed by atoms with Gasteiger partial charge in [0.15, 0.2) is 0 Å². The van der Waals surface area contributed by atoms with Crippen molar-refractivity contribution in [3.05, 3.63) is 34.9 Å². The van der Waals surface area contributed by atoms with Crippen molar-refractivity contribution >= 4 is 11.6 Å². The van der Waals surface area contributed by atoms with Crippen LogP contribution in [-0.4, -0.2) is 52.7 Å². The van der Waals surface area contributed by atoms with Crippen LogP contribution in [0.25, 0.3) is 0 Å². The number of halogens is 1. The highest BCUT2D eigenvalue weighted by Gasteiger charge is 2.33. The van der Waals surface area contributed by atoms with Gasteiger partial charge in [-0.3, -0.25) is 9.58 Å². The van der Waals surface area contributed by atoms with E-state index in [0.717, 1.165) is 44.1 Å². The predicted octanol–water partition coefficient (Wildman–Crippen LogP) is 2.02. The zero-order valence-electron chi connectivity index (χ0n) is 12.9. The number of hydrogen-bond acceptors (Lipinski definition) is 5. The van der Waals surface area contributed by atoms with Crippen molar-refractivity contribution in [1.29, 1.82) is 0 Å². The Labute approximate surface area is 135 Å². The van der Waals surface area contributed by atoms with Crippen LogP contribution in [0.15, 0.2) is 23.0 Å². The van der Waals surface area contributed by atoms with Gasteiger partial charge in [-0.05, 0) is 6.92 Å². The summed E-state index contributed by atoms with van der Waals surface area (Å²) >= 11 is 5.88. The summed E-state index contributed by atoms with van der Waals surface area (Å²) in [4.78, 5) is 2.40. The highest BCUT2D eigenvalue weighted by molar-refractivity contribution is 6.30. The highest BCUT2D eigenvalue weighted by atomic mass is 35.5. The van der Waals surface area contributed by atoms with Gasteiger partial charge in [-0.2, -0.15) is 5.10 Å². The van der Waals surface area contributed by atoms with Crippen molar-refractivity contribution in [2.24, 2.45) is 5.92 Å². The molecule has 1 saturated heterocycles. The van der Waals surface area contributed by atoms with Crippen LogP contribution in [0.5, 0.6) is 0 Å². The Kier molecular flexibility index (Phi) is 4.81. The lowest BCUT2D eigenvalue weighted by Crippen LogP contribution is -2.26. The van der Waals surface area contributed by atoms with E-state index in [1.54, 1.807) is 13.3 Å². The van der Waals surface area contributed by atoms with Gasteiger partial charge in [0, 0.05) is 51.3 Å². The molecular weight excluding hydrogens is 304 g/mol. The number of nitrogens with zero attached hydrogens (tertiary/aromatic N) is 4. The SMILES string of the molecule is CO[C@H]1CN(CCn2cc(Cl)cn2)C[C@H]1Cc1cc(C)no1. The molecule has 3 heterocycles. The van der Waals surface area contributed by atoms with Crippen molar-refractivity contribution in [2.75, 3.05) is 26.7 Å². The fourth-order valence-electron chi connectivity index (χ4n) is 3.05. The normalized spacial score (nSPS) is 22.5. The van der Waals surface area contributed by atoms with Gasteiger partial charge >= 0.3 is 0 Å². The molecule has 22 heavy (non-hydrogen) atoms. The third-order valence-electron chi connectivity index (χ3n) is 4.15. The molecule has 0 saturated carbocycles. The van der Waals surface area contributed by atoms with Crippen molar-refractivity contribution < 1.29 is 9.26 Å². The summed E-state index contributed by atoms with van der Waals surface area (Å²) in [5, 5.41) is 8.84. The van der Waals surface area contributed by atoms with Crippen LogP contribution in [-0.2, 0) is 17.7 Å². The van der Waals surface area contributed by atoms with Gasteiger partial charge in [0.1, 0.15) is 5.76 Å². The number of methoxy groups -OCH3 is 1. The molecule has 1 aliphatic heterocycles. The second-order valence-corrected chi connectivity index (χ2v) is 6.29. The van der Waals surface area contributed by atoms with Crippen LogP contribution in [0.1, 0.15) is 11.5 Å². The summed E-state index contributed by atoms with van der Waals surface area (Å²) in [6.07, 6.45) is 4.61. The lowest BCUT2D eigenvalue weighted by molar-refractivity contribution is 0.0763. The van der Waals surface area contributed by atoms with E-state index in [1.165, 1.54) is 0 Å². The molecule has 1 aliphatic rings. The summed E-state index contributed by atoms with van der Waals surface area (Å²) in [5.41, 5.74) is 0.925. The van der Waals surface area contributed by atoms with Crippen LogP contribution in [0.3, 0.4) is 0 Å². The third kappa shape index (κ3) is 3.69. The zero-order chi connectivity index (χ0) is 15.5. The van der Waals surface area contributed by atoms with Gasteiger partial charge in [0.05, 0.1) is 29.6 Å². The number of ether oxygens (including phenoxy) is 1. The maximum Gasteiger partial charge on any atom is 0.137 e. The minimum atomic E-state index is 0.228. The minimum absolute atomic E-state index is 0.228. The van der Waals surface area contributed by atoms with Crippen LogP contribution in [0.2, 0.25) is 5.02 Å². The minimum Gasteiger partial charge on any atom is -0.380 e. The van der Waals surface area contributed by atoms with E-state index in [-0.39, 0.29) is 6.10 Å². The maximum atomic E-state index is 5.88. The molecule has 3 rings (SSSR count). The Morgan fingerprint density at radius 1 is 1.41 bits per heavy atom. The first-order valence-electron chi connectivity index (χ1n) is 7.49. The largest absolute Gasteiger partial charge is 0.380 e. The van der Waals surface area contributed by atoms with Gasteiger partial charge in [-0.25, -0.2) is 0 Å². The molecule has 0 radical (unpaired) electrons. The standard InChI is InChI=1S/C15H21ClN4O2/c1-11-5-14(22-18-11)6-12-8-19(10-15(12)21-2)3-4-20-9-13(16)7-17-20/h5,7,9,12,15H,3-4,6,8,10H2,1-2H3/t12-,15+/m1/s1. The van der Waals surface area contributed by atoms with Crippen LogP contribution < -0.4 is 0 Å². The number of hydrogen-bond donors (Lipinski definition) is 0.